The number of carbonyl (C=O) groups is 1. The van der Waals surface area contributed by atoms with Crippen LogP contribution in [-0.4, -0.2) is 32.5 Å². The van der Waals surface area contributed by atoms with E-state index in [1.807, 2.05) is 4.57 Å². The third-order valence-corrected chi connectivity index (χ3v) is 4.13. The fourth-order valence-corrected chi connectivity index (χ4v) is 2.72. The number of methoxy groups -OCH3 is 1. The third kappa shape index (κ3) is 3.16. The quantitative estimate of drug-likeness (QED) is 0.402. The molecule has 0 amide bonds. The highest BCUT2D eigenvalue weighted by molar-refractivity contribution is 6.31. The maximum atomic E-state index is 11.6. The zero-order valence-electron chi connectivity index (χ0n) is 13.4. The van der Waals surface area contributed by atoms with Gasteiger partial charge in [0.25, 0.3) is 5.69 Å². The molecule has 25 heavy (non-hydrogen) atoms. The molecule has 3 rings (SSSR count). The number of carbonyl (C=O) groups excluding carboxylic acids is 1. The van der Waals surface area contributed by atoms with Gasteiger partial charge in [-0.25, -0.2) is 14.8 Å². The van der Waals surface area contributed by atoms with Crippen molar-refractivity contribution in [3.63, 3.8) is 0 Å². The minimum atomic E-state index is -0.535. The lowest BCUT2D eigenvalue weighted by atomic mass is 10.2. The van der Waals surface area contributed by atoms with Gasteiger partial charge in [-0.2, -0.15) is 0 Å². The monoisotopic (exact) mass is 360 g/mol. The van der Waals surface area contributed by atoms with E-state index in [0.29, 0.717) is 28.6 Å². The van der Waals surface area contributed by atoms with Crippen LogP contribution in [0.2, 0.25) is 5.02 Å². The number of halogens is 1. The number of aromatic nitrogens is 3. The van der Waals surface area contributed by atoms with E-state index in [1.165, 1.54) is 19.2 Å². The van der Waals surface area contributed by atoms with E-state index in [0.717, 1.165) is 5.52 Å². The molecule has 3 aromatic rings. The molecule has 0 atom stereocenters. The SMILES string of the molecule is COC(=O)c1ccc2c(n1)nc(C)n2Cc1ccc([N+](=O)[O-])cc1Cl. The summed E-state index contributed by atoms with van der Waals surface area (Å²) in [6.07, 6.45) is 0. The van der Waals surface area contributed by atoms with Crippen molar-refractivity contribution in [2.75, 3.05) is 7.11 Å². The minimum absolute atomic E-state index is 0.0645. The largest absolute Gasteiger partial charge is 0.464 e. The van der Waals surface area contributed by atoms with Crippen molar-refractivity contribution in [3.8, 4) is 0 Å². The second kappa shape index (κ2) is 6.48. The number of nitro benzene ring substituents is 1. The maximum Gasteiger partial charge on any atom is 0.356 e. The molecule has 0 aliphatic heterocycles. The smallest absolute Gasteiger partial charge is 0.356 e. The summed E-state index contributed by atoms with van der Waals surface area (Å²) in [6.45, 7) is 2.18. The van der Waals surface area contributed by atoms with Crippen LogP contribution in [0.15, 0.2) is 30.3 Å². The van der Waals surface area contributed by atoms with Crippen LogP contribution in [0.4, 0.5) is 5.69 Å². The van der Waals surface area contributed by atoms with Crippen molar-refractivity contribution >= 4 is 34.4 Å². The predicted octanol–water partition coefficient (Wildman–Crippen LogP) is 3.14. The summed E-state index contributed by atoms with van der Waals surface area (Å²) < 4.78 is 6.53. The number of nitrogens with zero attached hydrogens (tertiary/aromatic N) is 4. The van der Waals surface area contributed by atoms with E-state index >= 15 is 0 Å². The number of imidazole rings is 1. The normalized spacial score (nSPS) is 10.8. The molecule has 128 valence electrons. The van der Waals surface area contributed by atoms with E-state index in [4.69, 9.17) is 11.6 Å². The summed E-state index contributed by atoms with van der Waals surface area (Å²) in [4.78, 5) is 30.4. The van der Waals surface area contributed by atoms with Crippen LogP contribution in [0.3, 0.4) is 0 Å². The van der Waals surface area contributed by atoms with Gasteiger partial charge >= 0.3 is 5.97 Å². The van der Waals surface area contributed by atoms with Crippen molar-refractivity contribution in [2.45, 2.75) is 13.5 Å². The first kappa shape index (κ1) is 16.8. The molecule has 9 heteroatoms. The molecule has 0 saturated heterocycles. The first-order valence-corrected chi connectivity index (χ1v) is 7.63. The number of esters is 1. The predicted molar refractivity (Wildman–Crippen MR) is 90.8 cm³/mol. The Kier molecular flexibility index (Phi) is 4.37. The molecule has 0 unspecified atom stereocenters. The number of pyridine rings is 1. The fraction of sp³-hybridized carbons (Fsp3) is 0.188. The Balaban J connectivity index is 2.00. The Hall–Kier alpha value is -3.00. The highest BCUT2D eigenvalue weighted by atomic mass is 35.5. The second-order valence-corrected chi connectivity index (χ2v) is 5.72. The van der Waals surface area contributed by atoms with Crippen LogP contribution >= 0.6 is 11.6 Å². The van der Waals surface area contributed by atoms with Gasteiger partial charge in [0, 0.05) is 12.1 Å². The minimum Gasteiger partial charge on any atom is -0.464 e. The van der Waals surface area contributed by atoms with Gasteiger partial charge in [0.05, 0.1) is 29.1 Å². The average Bonchev–Trinajstić information content (AvgIpc) is 2.90. The average molecular weight is 361 g/mol. The first-order valence-electron chi connectivity index (χ1n) is 7.25. The summed E-state index contributed by atoms with van der Waals surface area (Å²) in [5.74, 6) is 0.145. The van der Waals surface area contributed by atoms with Gasteiger partial charge in [-0.3, -0.25) is 10.1 Å². The van der Waals surface area contributed by atoms with E-state index in [-0.39, 0.29) is 11.4 Å². The molecular formula is C16H13ClN4O4. The van der Waals surface area contributed by atoms with Crippen LogP contribution in [0.1, 0.15) is 21.9 Å². The molecule has 0 aliphatic rings. The van der Waals surface area contributed by atoms with Crippen molar-refractivity contribution in [1.29, 1.82) is 0 Å². The Morgan fingerprint density at radius 3 is 2.72 bits per heavy atom. The summed E-state index contributed by atoms with van der Waals surface area (Å²) >= 11 is 6.16. The highest BCUT2D eigenvalue weighted by Crippen LogP contribution is 2.25. The van der Waals surface area contributed by atoms with Crippen LogP contribution in [0, 0.1) is 17.0 Å². The van der Waals surface area contributed by atoms with Gasteiger partial charge in [0.15, 0.2) is 11.3 Å². The zero-order valence-corrected chi connectivity index (χ0v) is 14.1. The number of ether oxygens (including phenoxy) is 1. The van der Waals surface area contributed by atoms with E-state index in [1.54, 1.807) is 25.1 Å². The number of fused-ring (bicyclic) bond motifs is 1. The van der Waals surface area contributed by atoms with E-state index in [2.05, 4.69) is 14.7 Å². The van der Waals surface area contributed by atoms with Crippen LogP contribution in [-0.2, 0) is 11.3 Å². The lowest BCUT2D eigenvalue weighted by Crippen LogP contribution is -2.05. The van der Waals surface area contributed by atoms with Gasteiger partial charge in [-0.15, -0.1) is 0 Å². The maximum absolute atomic E-state index is 11.6. The topological polar surface area (TPSA) is 100 Å². The second-order valence-electron chi connectivity index (χ2n) is 5.31. The Morgan fingerprint density at radius 1 is 1.32 bits per heavy atom. The third-order valence-electron chi connectivity index (χ3n) is 3.77. The number of hydrogen-bond acceptors (Lipinski definition) is 6. The van der Waals surface area contributed by atoms with Gasteiger partial charge in [-0.1, -0.05) is 11.6 Å². The summed E-state index contributed by atoms with van der Waals surface area (Å²) in [5, 5.41) is 11.1. The Morgan fingerprint density at radius 2 is 2.08 bits per heavy atom. The summed E-state index contributed by atoms with van der Waals surface area (Å²) in [6, 6.07) is 7.63. The molecule has 0 radical (unpaired) electrons. The number of rotatable bonds is 4. The summed E-state index contributed by atoms with van der Waals surface area (Å²) in [7, 11) is 1.29. The molecule has 0 saturated carbocycles. The van der Waals surface area contributed by atoms with Crippen molar-refractivity contribution < 1.29 is 14.5 Å². The summed E-state index contributed by atoms with van der Waals surface area (Å²) in [5.41, 5.74) is 1.96. The standard InChI is InChI=1S/C16H13ClN4O4/c1-9-18-15-14(6-5-13(19-15)16(22)25-2)20(9)8-10-3-4-11(21(23)24)7-12(10)17/h3-7H,8H2,1-2H3. The molecule has 0 bridgehead atoms. The lowest BCUT2D eigenvalue weighted by molar-refractivity contribution is -0.384. The number of aryl methyl sites for hydroxylation is 1. The highest BCUT2D eigenvalue weighted by Gasteiger charge is 2.15. The molecule has 0 N–H and O–H groups in total. The first-order chi connectivity index (χ1) is 11.9. The molecule has 1 aromatic carbocycles. The molecule has 0 aliphatic carbocycles. The van der Waals surface area contributed by atoms with E-state index < -0.39 is 10.9 Å². The Labute approximate surface area is 147 Å². The van der Waals surface area contributed by atoms with Gasteiger partial charge in [0.2, 0.25) is 0 Å². The van der Waals surface area contributed by atoms with Crippen molar-refractivity contribution in [2.24, 2.45) is 0 Å². The molecule has 2 heterocycles. The molecule has 2 aromatic heterocycles. The van der Waals surface area contributed by atoms with Gasteiger partial charge in [0.1, 0.15) is 5.82 Å². The van der Waals surface area contributed by atoms with Crippen LogP contribution in [0.5, 0.6) is 0 Å². The fourth-order valence-electron chi connectivity index (χ4n) is 2.49. The zero-order chi connectivity index (χ0) is 18.1. The molecule has 8 nitrogen and oxygen atoms in total. The Bertz CT molecular complexity index is 999. The molecular weight excluding hydrogens is 348 g/mol. The van der Waals surface area contributed by atoms with E-state index in [9.17, 15) is 14.9 Å². The number of benzene rings is 1. The van der Waals surface area contributed by atoms with Gasteiger partial charge in [-0.05, 0) is 30.7 Å². The van der Waals surface area contributed by atoms with Crippen LogP contribution in [0.25, 0.3) is 11.2 Å². The van der Waals surface area contributed by atoms with Crippen molar-refractivity contribution in [1.82, 2.24) is 14.5 Å². The van der Waals surface area contributed by atoms with Crippen LogP contribution < -0.4 is 0 Å². The molecule has 0 fully saturated rings. The number of non-ortho nitro benzene ring substituents is 1. The van der Waals surface area contributed by atoms with Crippen molar-refractivity contribution in [3.05, 3.63) is 62.6 Å². The van der Waals surface area contributed by atoms with Gasteiger partial charge < -0.3 is 9.30 Å². The molecule has 0 spiro atoms. The number of nitro groups is 1. The lowest BCUT2D eigenvalue weighted by Gasteiger charge is -2.09. The number of hydrogen-bond donors (Lipinski definition) is 0.